The number of thiol groups is 1. The predicted octanol–water partition coefficient (Wildman–Crippen LogP) is 3.31. The molecule has 1 aromatic carbocycles. The number of hydrogen-bond acceptors (Lipinski definition) is 4. The van der Waals surface area contributed by atoms with Crippen LogP contribution in [0.25, 0.3) is 0 Å². The van der Waals surface area contributed by atoms with Gasteiger partial charge in [0.2, 0.25) is 0 Å². The molecule has 5 nitrogen and oxygen atoms in total. The van der Waals surface area contributed by atoms with Crippen LogP contribution in [-0.2, 0) is 17.8 Å². The molecule has 2 heterocycles. The van der Waals surface area contributed by atoms with Crippen LogP contribution in [0.15, 0.2) is 29.2 Å². The summed E-state index contributed by atoms with van der Waals surface area (Å²) < 4.78 is 1.68. The molecule has 0 amide bonds. The van der Waals surface area contributed by atoms with E-state index in [1.165, 1.54) is 25.9 Å². The summed E-state index contributed by atoms with van der Waals surface area (Å²) in [5, 5.41) is 21.6. The third kappa shape index (κ3) is 4.90. The quantitative estimate of drug-likeness (QED) is 0.721. The molecule has 0 saturated carbocycles. The van der Waals surface area contributed by atoms with Crippen molar-refractivity contribution in [3.63, 3.8) is 0 Å². The van der Waals surface area contributed by atoms with Gasteiger partial charge in [0.25, 0.3) is 0 Å². The molecular formula is C20H25N3O2S. The summed E-state index contributed by atoms with van der Waals surface area (Å²) in [5.41, 5.74) is 3.98. The van der Waals surface area contributed by atoms with E-state index in [-0.39, 0.29) is 6.54 Å². The summed E-state index contributed by atoms with van der Waals surface area (Å²) in [6, 6.07) is 9.90. The Bertz CT molecular complexity index is 810. The van der Waals surface area contributed by atoms with Crippen LogP contribution in [0, 0.1) is 25.2 Å². The van der Waals surface area contributed by atoms with Gasteiger partial charge in [0, 0.05) is 22.7 Å². The van der Waals surface area contributed by atoms with Gasteiger partial charge >= 0.3 is 5.97 Å². The van der Waals surface area contributed by atoms with Crippen LogP contribution in [0.5, 0.6) is 0 Å². The van der Waals surface area contributed by atoms with Crippen molar-refractivity contribution in [2.24, 2.45) is 0 Å². The first-order valence-corrected chi connectivity index (χ1v) is 9.18. The molecule has 2 N–H and O–H groups in total. The number of carboxylic acids is 1. The fourth-order valence-electron chi connectivity index (χ4n) is 3.16. The lowest BCUT2D eigenvalue weighted by molar-refractivity contribution is -0.137. The van der Waals surface area contributed by atoms with E-state index in [1.807, 2.05) is 31.2 Å². The lowest BCUT2D eigenvalue weighted by atomic mass is 10.0. The maximum Gasteiger partial charge on any atom is 0.323 e. The largest absolute Gasteiger partial charge is 0.480 e. The van der Waals surface area contributed by atoms with Gasteiger partial charge in [0.05, 0.1) is 5.56 Å². The van der Waals surface area contributed by atoms with Crippen molar-refractivity contribution in [1.82, 2.24) is 9.88 Å². The average Bonchev–Trinajstić information content (AvgIpc) is 3.25. The predicted molar refractivity (Wildman–Crippen MR) is 105 cm³/mol. The zero-order valence-electron chi connectivity index (χ0n) is 15.2. The maximum absolute atomic E-state index is 11.0. The number of rotatable bonds is 4. The molecule has 0 spiro atoms. The molecule has 26 heavy (non-hydrogen) atoms. The maximum atomic E-state index is 11.0. The van der Waals surface area contributed by atoms with E-state index in [2.05, 4.69) is 24.0 Å². The van der Waals surface area contributed by atoms with Crippen molar-refractivity contribution in [2.75, 3.05) is 13.1 Å². The summed E-state index contributed by atoms with van der Waals surface area (Å²) in [7, 11) is 0. The van der Waals surface area contributed by atoms with Gasteiger partial charge in [-0.1, -0.05) is 18.2 Å². The van der Waals surface area contributed by atoms with Gasteiger partial charge < -0.3 is 15.0 Å². The Morgan fingerprint density at radius 1 is 1.27 bits per heavy atom. The molecule has 1 saturated heterocycles. The first-order chi connectivity index (χ1) is 12.5. The molecule has 138 valence electrons. The monoisotopic (exact) mass is 371 g/mol. The van der Waals surface area contributed by atoms with E-state index in [9.17, 15) is 10.1 Å². The number of nitrogens with one attached hydrogen (secondary N) is 1. The number of nitriles is 1. The highest BCUT2D eigenvalue weighted by Crippen LogP contribution is 2.26. The van der Waals surface area contributed by atoms with Crippen molar-refractivity contribution in [3.05, 3.63) is 52.3 Å². The van der Waals surface area contributed by atoms with Crippen LogP contribution in [0.4, 0.5) is 0 Å². The van der Waals surface area contributed by atoms with Gasteiger partial charge in [-0.3, -0.25) is 4.79 Å². The minimum Gasteiger partial charge on any atom is -0.480 e. The molecule has 0 atom stereocenters. The number of carboxylic acid groups (broad SMARTS) is 1. The SMILES string of the molecule is C1CCNC1.Cc1c(C#N)c(Cc2ccccc2S)c(C)n1CC(=O)O. The van der Waals surface area contributed by atoms with Gasteiger partial charge in [0.15, 0.2) is 0 Å². The molecule has 1 fully saturated rings. The molecule has 2 aromatic rings. The molecule has 1 aliphatic heterocycles. The van der Waals surface area contributed by atoms with Crippen molar-refractivity contribution in [3.8, 4) is 6.07 Å². The second kappa shape index (κ2) is 9.46. The Labute approximate surface area is 160 Å². The smallest absolute Gasteiger partial charge is 0.323 e. The summed E-state index contributed by atoms with van der Waals surface area (Å²) in [6.07, 6.45) is 3.35. The lowest BCUT2D eigenvalue weighted by Crippen LogP contribution is -2.11. The highest BCUT2D eigenvalue weighted by Gasteiger charge is 2.19. The van der Waals surface area contributed by atoms with E-state index >= 15 is 0 Å². The zero-order chi connectivity index (χ0) is 19.1. The molecule has 6 heteroatoms. The fraction of sp³-hybridized carbons (Fsp3) is 0.400. The van der Waals surface area contributed by atoms with E-state index in [0.29, 0.717) is 17.7 Å². The van der Waals surface area contributed by atoms with Crippen molar-refractivity contribution in [2.45, 2.75) is 44.6 Å². The summed E-state index contributed by atoms with van der Waals surface area (Å²) in [4.78, 5) is 11.8. The number of aromatic nitrogens is 1. The molecule has 1 aliphatic rings. The summed E-state index contributed by atoms with van der Waals surface area (Å²) in [6.45, 7) is 6.01. The Morgan fingerprint density at radius 3 is 2.42 bits per heavy atom. The Balaban J connectivity index is 0.000000417. The van der Waals surface area contributed by atoms with Gasteiger partial charge in [-0.15, -0.1) is 12.6 Å². The number of aliphatic carboxylic acids is 1. The number of carbonyl (C=O) groups is 1. The second-order valence-corrected chi connectivity index (χ2v) is 6.86. The van der Waals surface area contributed by atoms with Crippen LogP contribution in [0.1, 0.15) is 40.9 Å². The molecule has 0 unspecified atom stereocenters. The highest BCUT2D eigenvalue weighted by molar-refractivity contribution is 7.80. The van der Waals surface area contributed by atoms with Gasteiger partial charge in [-0.2, -0.15) is 5.26 Å². The average molecular weight is 372 g/mol. The van der Waals surface area contributed by atoms with Crippen molar-refractivity contribution < 1.29 is 9.90 Å². The van der Waals surface area contributed by atoms with E-state index in [0.717, 1.165) is 21.7 Å². The molecule has 0 aliphatic carbocycles. The lowest BCUT2D eigenvalue weighted by Gasteiger charge is -2.07. The number of benzene rings is 1. The van der Waals surface area contributed by atoms with Crippen LogP contribution in [-0.4, -0.2) is 28.7 Å². The van der Waals surface area contributed by atoms with E-state index in [4.69, 9.17) is 5.11 Å². The van der Waals surface area contributed by atoms with Crippen LogP contribution in [0.2, 0.25) is 0 Å². The van der Waals surface area contributed by atoms with Crippen LogP contribution < -0.4 is 5.32 Å². The first-order valence-electron chi connectivity index (χ1n) is 8.73. The Morgan fingerprint density at radius 2 is 1.92 bits per heavy atom. The normalized spacial score (nSPS) is 13.0. The third-order valence-electron chi connectivity index (χ3n) is 4.63. The Hall–Kier alpha value is -2.23. The zero-order valence-corrected chi connectivity index (χ0v) is 16.1. The van der Waals surface area contributed by atoms with Crippen molar-refractivity contribution >= 4 is 18.6 Å². The summed E-state index contributed by atoms with van der Waals surface area (Å²) >= 11 is 4.43. The standard InChI is InChI=1S/C16H16N2O2S.C4H9N/c1-10-13(7-12-5-3-4-6-15(12)21)14(8-17)11(2)18(10)9-16(19)20;1-2-4-5-3-1/h3-6,21H,7,9H2,1-2H3,(H,19,20);5H,1-4H2. The Kier molecular flexibility index (Phi) is 7.31. The minimum absolute atomic E-state index is 0.130. The topological polar surface area (TPSA) is 78.0 Å². The van der Waals surface area contributed by atoms with E-state index in [1.54, 1.807) is 11.5 Å². The third-order valence-corrected chi connectivity index (χ3v) is 5.07. The minimum atomic E-state index is -0.915. The van der Waals surface area contributed by atoms with Crippen LogP contribution in [0.3, 0.4) is 0 Å². The molecule has 1 aromatic heterocycles. The first kappa shape index (κ1) is 20.1. The van der Waals surface area contributed by atoms with Gasteiger partial charge in [-0.25, -0.2) is 0 Å². The molecule has 0 radical (unpaired) electrons. The second-order valence-electron chi connectivity index (χ2n) is 6.38. The molecular weight excluding hydrogens is 346 g/mol. The summed E-state index contributed by atoms with van der Waals surface area (Å²) in [5.74, 6) is -0.915. The molecule has 3 rings (SSSR count). The van der Waals surface area contributed by atoms with E-state index < -0.39 is 5.97 Å². The van der Waals surface area contributed by atoms with Gasteiger partial charge in [0.1, 0.15) is 12.6 Å². The molecule has 0 bridgehead atoms. The number of nitrogens with zero attached hydrogens (tertiary/aromatic N) is 2. The number of hydrogen-bond donors (Lipinski definition) is 3. The van der Waals surface area contributed by atoms with Gasteiger partial charge in [-0.05, 0) is 57.0 Å². The highest BCUT2D eigenvalue weighted by atomic mass is 32.1. The van der Waals surface area contributed by atoms with Crippen LogP contribution >= 0.6 is 12.6 Å². The fourth-order valence-corrected chi connectivity index (χ4v) is 3.40. The van der Waals surface area contributed by atoms with Crippen molar-refractivity contribution in [1.29, 1.82) is 5.26 Å².